The predicted octanol–water partition coefficient (Wildman–Crippen LogP) is 5.00. The van der Waals surface area contributed by atoms with E-state index < -0.39 is 21.4 Å². The van der Waals surface area contributed by atoms with Gasteiger partial charge in [0.15, 0.2) is 9.84 Å². The highest BCUT2D eigenvalue weighted by Crippen LogP contribution is 2.32. The first-order valence-corrected chi connectivity index (χ1v) is 12.5. The summed E-state index contributed by atoms with van der Waals surface area (Å²) in [5, 5.41) is 0.546. The zero-order chi connectivity index (χ0) is 23.2. The minimum atomic E-state index is -3.94. The van der Waals surface area contributed by atoms with Crippen molar-refractivity contribution < 1.29 is 17.6 Å². The number of fused-ring (bicyclic) bond motifs is 2. The third kappa shape index (κ3) is 3.92. The second kappa shape index (κ2) is 8.32. The molecule has 5 nitrogen and oxygen atoms in total. The average molecular weight is 483 g/mol. The molecule has 0 spiro atoms. The third-order valence-corrected chi connectivity index (χ3v) is 8.00. The number of carbonyl (C=O) groups is 1. The first kappa shape index (κ1) is 21.7. The van der Waals surface area contributed by atoms with Crippen LogP contribution >= 0.6 is 11.6 Å². The number of aromatic nitrogens is 1. The van der Waals surface area contributed by atoms with Gasteiger partial charge < -0.3 is 9.47 Å². The lowest BCUT2D eigenvalue weighted by molar-refractivity contribution is -0.119. The second-order valence-corrected chi connectivity index (χ2v) is 10.4. The van der Waals surface area contributed by atoms with Crippen molar-refractivity contribution in [2.24, 2.45) is 0 Å². The van der Waals surface area contributed by atoms with Gasteiger partial charge in [-0.25, -0.2) is 12.8 Å². The fourth-order valence-corrected chi connectivity index (χ4v) is 6.29. The molecule has 0 fully saturated rings. The summed E-state index contributed by atoms with van der Waals surface area (Å²) in [5.74, 6) is -1.36. The van der Waals surface area contributed by atoms with E-state index in [4.69, 9.17) is 11.6 Å². The molecule has 0 radical (unpaired) electrons. The molecule has 0 atom stereocenters. The Kier molecular flexibility index (Phi) is 5.46. The lowest BCUT2D eigenvalue weighted by Gasteiger charge is -2.18. The van der Waals surface area contributed by atoms with Crippen molar-refractivity contribution in [1.29, 1.82) is 0 Å². The number of nitrogens with zero attached hydrogens (tertiary/aromatic N) is 2. The highest BCUT2D eigenvalue weighted by atomic mass is 35.5. The molecule has 4 aromatic rings. The summed E-state index contributed by atoms with van der Waals surface area (Å²) in [7, 11) is -3.94. The van der Waals surface area contributed by atoms with Crippen molar-refractivity contribution >= 4 is 43.9 Å². The number of rotatable bonds is 5. The van der Waals surface area contributed by atoms with E-state index in [0.29, 0.717) is 17.4 Å². The van der Waals surface area contributed by atoms with E-state index in [9.17, 15) is 17.6 Å². The first-order chi connectivity index (χ1) is 15.8. The topological polar surface area (TPSA) is 59.4 Å². The molecule has 0 saturated heterocycles. The molecule has 5 rings (SSSR count). The Morgan fingerprint density at radius 2 is 1.76 bits per heavy atom. The smallest absolute Gasteiger partial charge is 0.246 e. The van der Waals surface area contributed by atoms with Crippen LogP contribution in [-0.2, 0) is 33.4 Å². The Hall–Kier alpha value is -3.16. The highest BCUT2D eigenvalue weighted by molar-refractivity contribution is 7.90. The highest BCUT2D eigenvalue weighted by Gasteiger charge is 2.27. The van der Waals surface area contributed by atoms with Gasteiger partial charge in [0, 0.05) is 39.9 Å². The Bertz CT molecular complexity index is 1480. The molecule has 1 amide bonds. The van der Waals surface area contributed by atoms with Crippen molar-refractivity contribution in [3.63, 3.8) is 0 Å². The first-order valence-electron chi connectivity index (χ1n) is 10.5. The number of sulfone groups is 1. The maximum atomic E-state index is 14.3. The van der Waals surface area contributed by atoms with Crippen molar-refractivity contribution in [2.75, 3.05) is 11.4 Å². The maximum absolute atomic E-state index is 14.3. The summed E-state index contributed by atoms with van der Waals surface area (Å²) in [6.07, 6.45) is 2.26. The van der Waals surface area contributed by atoms with Gasteiger partial charge in [0.1, 0.15) is 12.4 Å². The monoisotopic (exact) mass is 482 g/mol. The van der Waals surface area contributed by atoms with Crippen LogP contribution in [0.5, 0.6) is 0 Å². The quantitative estimate of drug-likeness (QED) is 0.402. The van der Waals surface area contributed by atoms with Crippen LogP contribution in [0.3, 0.4) is 0 Å². The SMILES string of the molecule is O=C(Cn1cc(S(=O)(=O)Cc2c(F)cccc2Cl)c2ccccc21)N1CCc2ccccc21. The minimum absolute atomic E-state index is 0.00911. The van der Waals surface area contributed by atoms with Crippen LogP contribution in [0.1, 0.15) is 11.1 Å². The van der Waals surface area contributed by atoms with Crippen LogP contribution in [0, 0.1) is 5.82 Å². The average Bonchev–Trinajstić information content (AvgIpc) is 3.39. The molecule has 1 aromatic heterocycles. The molecule has 33 heavy (non-hydrogen) atoms. The molecule has 1 aliphatic heterocycles. The van der Waals surface area contributed by atoms with Crippen molar-refractivity contribution in [2.45, 2.75) is 23.6 Å². The summed E-state index contributed by atoms with van der Waals surface area (Å²) < 4.78 is 42.5. The Balaban J connectivity index is 1.51. The standard InChI is InChI=1S/C25H20ClFN2O3S/c26-20-8-5-9-21(27)19(20)16-33(31,32)24-14-28(23-11-4-2-7-18(23)24)15-25(30)29-13-12-17-6-1-3-10-22(17)29/h1-11,14H,12-13,15-16H2. The number of benzene rings is 3. The molecule has 1 aliphatic rings. The van der Waals surface area contributed by atoms with Crippen LogP contribution in [-0.4, -0.2) is 25.4 Å². The van der Waals surface area contributed by atoms with Crippen LogP contribution < -0.4 is 4.90 Å². The van der Waals surface area contributed by atoms with Gasteiger partial charge in [-0.1, -0.05) is 54.1 Å². The summed E-state index contributed by atoms with van der Waals surface area (Å²) in [6, 6.07) is 18.8. The van der Waals surface area contributed by atoms with E-state index in [0.717, 1.165) is 17.7 Å². The molecule has 2 heterocycles. The van der Waals surface area contributed by atoms with Gasteiger partial charge in [0.05, 0.1) is 10.6 Å². The third-order valence-electron chi connectivity index (χ3n) is 5.98. The number of hydrogen-bond acceptors (Lipinski definition) is 3. The number of hydrogen-bond donors (Lipinski definition) is 0. The van der Waals surface area contributed by atoms with E-state index in [1.54, 1.807) is 33.7 Å². The van der Waals surface area contributed by atoms with E-state index in [1.165, 1.54) is 24.4 Å². The molecule has 0 bridgehead atoms. The molecule has 0 N–H and O–H groups in total. The molecular weight excluding hydrogens is 463 g/mol. The van der Waals surface area contributed by atoms with Crippen molar-refractivity contribution in [3.05, 3.63) is 94.9 Å². The Morgan fingerprint density at radius 1 is 1.00 bits per heavy atom. The molecule has 0 saturated carbocycles. The molecule has 168 valence electrons. The molecule has 0 aliphatic carbocycles. The molecule has 8 heteroatoms. The normalized spacial score (nSPS) is 13.5. The number of para-hydroxylation sites is 2. The molecular formula is C25H20ClFN2O3S. The summed E-state index contributed by atoms with van der Waals surface area (Å²) in [5.41, 5.74) is 2.56. The van der Waals surface area contributed by atoms with Crippen LogP contribution in [0.25, 0.3) is 10.9 Å². The van der Waals surface area contributed by atoms with Gasteiger partial charge in [-0.3, -0.25) is 4.79 Å². The van der Waals surface area contributed by atoms with E-state index in [-0.39, 0.29) is 27.9 Å². The lowest BCUT2D eigenvalue weighted by atomic mass is 10.2. The van der Waals surface area contributed by atoms with E-state index in [2.05, 4.69) is 0 Å². The largest absolute Gasteiger partial charge is 0.337 e. The van der Waals surface area contributed by atoms with Gasteiger partial charge in [-0.05, 0) is 36.2 Å². The number of carbonyl (C=O) groups excluding carboxylic acids is 1. The van der Waals surface area contributed by atoms with Crippen molar-refractivity contribution in [3.8, 4) is 0 Å². The fourth-order valence-electron chi connectivity index (χ4n) is 4.36. The maximum Gasteiger partial charge on any atom is 0.246 e. The number of amides is 1. The lowest BCUT2D eigenvalue weighted by Crippen LogP contribution is -2.32. The Morgan fingerprint density at radius 3 is 2.58 bits per heavy atom. The van der Waals surface area contributed by atoms with Gasteiger partial charge in [-0.2, -0.15) is 0 Å². The number of anilines is 1. The molecule has 0 unspecified atom stereocenters. The van der Waals surface area contributed by atoms with Crippen molar-refractivity contribution in [1.82, 2.24) is 4.57 Å². The van der Waals surface area contributed by atoms with E-state index >= 15 is 0 Å². The van der Waals surface area contributed by atoms with Crippen LogP contribution in [0.4, 0.5) is 10.1 Å². The summed E-state index contributed by atoms with van der Waals surface area (Å²) >= 11 is 6.07. The van der Waals surface area contributed by atoms with Gasteiger partial charge in [-0.15, -0.1) is 0 Å². The minimum Gasteiger partial charge on any atom is -0.337 e. The number of halogens is 2. The van der Waals surface area contributed by atoms with Gasteiger partial charge in [0.25, 0.3) is 0 Å². The molecule has 3 aromatic carbocycles. The predicted molar refractivity (Wildman–Crippen MR) is 127 cm³/mol. The zero-order valence-corrected chi connectivity index (χ0v) is 19.1. The summed E-state index contributed by atoms with van der Waals surface area (Å²) in [4.78, 5) is 14.9. The van der Waals surface area contributed by atoms with E-state index in [1.807, 2.05) is 24.3 Å². The Labute approximate surface area is 195 Å². The fraction of sp³-hybridized carbons (Fsp3) is 0.160. The van der Waals surface area contributed by atoms with Crippen LogP contribution in [0.15, 0.2) is 77.8 Å². The van der Waals surface area contributed by atoms with Gasteiger partial charge in [0.2, 0.25) is 5.91 Å². The van der Waals surface area contributed by atoms with Gasteiger partial charge >= 0.3 is 0 Å². The zero-order valence-electron chi connectivity index (χ0n) is 17.5. The second-order valence-electron chi connectivity index (χ2n) is 8.02. The summed E-state index contributed by atoms with van der Waals surface area (Å²) in [6.45, 7) is 0.582. The van der Waals surface area contributed by atoms with Crippen LogP contribution in [0.2, 0.25) is 5.02 Å².